The highest BCUT2D eigenvalue weighted by Crippen LogP contribution is 2.06. The van der Waals surface area contributed by atoms with Crippen LogP contribution in [0.25, 0.3) is 6.08 Å². The lowest BCUT2D eigenvalue weighted by Gasteiger charge is -2.00. The predicted octanol–water partition coefficient (Wildman–Crippen LogP) is 0.386. The number of aromatic nitrogens is 2. The monoisotopic (exact) mass is 226 g/mol. The summed E-state index contributed by atoms with van der Waals surface area (Å²) in [6.07, 6.45) is 8.00. The number of nitrogen functional groups attached to an aromatic ring is 1. The van der Waals surface area contributed by atoms with Gasteiger partial charge in [-0.2, -0.15) is 0 Å². The maximum Gasteiger partial charge on any atom is 0.132 e. The average Bonchev–Trinajstić information content (AvgIpc) is 2.76. The minimum atomic E-state index is 0.561. The first-order valence-electron chi connectivity index (χ1n) is 5.74. The van der Waals surface area contributed by atoms with Crippen molar-refractivity contribution in [1.29, 1.82) is 0 Å². The second-order valence-corrected chi connectivity index (χ2v) is 4.22. The van der Waals surface area contributed by atoms with Gasteiger partial charge in [0.15, 0.2) is 0 Å². The molecule has 3 N–H and O–H groups in total. The van der Waals surface area contributed by atoms with Crippen LogP contribution in [0.4, 0.5) is 5.82 Å². The quantitative estimate of drug-likeness (QED) is 0.777. The number of anilines is 1. The van der Waals surface area contributed by atoms with E-state index in [1.165, 1.54) is 16.3 Å². The number of H-pyrrole nitrogens is 1. The first-order chi connectivity index (χ1) is 8.33. The highest BCUT2D eigenvalue weighted by Gasteiger charge is 2.04. The van der Waals surface area contributed by atoms with E-state index in [2.05, 4.69) is 21.0 Å². The summed E-state index contributed by atoms with van der Waals surface area (Å²) in [6, 6.07) is 3.85. The van der Waals surface area contributed by atoms with Crippen molar-refractivity contribution in [2.75, 3.05) is 12.3 Å². The molecule has 0 bridgehead atoms. The number of nitrogens with zero attached hydrogens (tertiary/aromatic N) is 2. The Kier molecular flexibility index (Phi) is 2.40. The number of aromatic amines is 1. The molecule has 0 unspecified atom stereocenters. The molecule has 86 valence electrons. The lowest BCUT2D eigenvalue weighted by atomic mass is 10.1. The first kappa shape index (κ1) is 10.1. The molecule has 3 rings (SSSR count). The predicted molar refractivity (Wildman–Crippen MR) is 67.0 cm³/mol. The molecule has 2 aromatic heterocycles. The zero-order valence-corrected chi connectivity index (χ0v) is 9.48. The van der Waals surface area contributed by atoms with E-state index in [1.807, 2.05) is 24.5 Å². The fourth-order valence-corrected chi connectivity index (χ4v) is 2.11. The Morgan fingerprint density at radius 3 is 3.12 bits per heavy atom. The lowest BCUT2D eigenvalue weighted by Crippen LogP contribution is -2.28. The van der Waals surface area contributed by atoms with E-state index in [0.29, 0.717) is 5.82 Å². The van der Waals surface area contributed by atoms with Gasteiger partial charge in [0.25, 0.3) is 0 Å². The zero-order chi connectivity index (χ0) is 11.7. The van der Waals surface area contributed by atoms with Gasteiger partial charge in [0.1, 0.15) is 11.3 Å². The Hall–Kier alpha value is -2.10. The molecule has 0 aromatic carbocycles. The van der Waals surface area contributed by atoms with Crippen molar-refractivity contribution in [1.82, 2.24) is 9.97 Å². The van der Waals surface area contributed by atoms with Crippen LogP contribution in [0.1, 0.15) is 17.5 Å². The maximum atomic E-state index is 5.57. The number of hydrogen-bond acceptors (Lipinski definition) is 3. The highest BCUT2D eigenvalue weighted by atomic mass is 14.8. The molecule has 4 nitrogen and oxygen atoms in total. The topological polar surface area (TPSA) is 67.1 Å². The second kappa shape index (κ2) is 4.05. The normalized spacial score (nSPS) is 13.6. The molecule has 0 fully saturated rings. The van der Waals surface area contributed by atoms with Gasteiger partial charge in [0.2, 0.25) is 0 Å². The number of hydrogen-bond donors (Lipinski definition) is 2. The molecule has 1 aliphatic rings. The van der Waals surface area contributed by atoms with Crippen LogP contribution in [0.15, 0.2) is 29.5 Å². The van der Waals surface area contributed by atoms with Crippen LogP contribution in [0.3, 0.4) is 0 Å². The molecular weight excluding hydrogens is 212 g/mol. The van der Waals surface area contributed by atoms with Crippen LogP contribution in [0.5, 0.6) is 0 Å². The zero-order valence-electron chi connectivity index (χ0n) is 9.48. The fraction of sp³-hybridized carbons (Fsp3) is 0.231. The molecule has 0 saturated heterocycles. The number of nitrogens with two attached hydrogens (primary N) is 1. The van der Waals surface area contributed by atoms with Gasteiger partial charge in [0, 0.05) is 30.6 Å². The number of nitrogens with one attached hydrogen (secondary N) is 1. The van der Waals surface area contributed by atoms with E-state index in [1.54, 1.807) is 0 Å². The standard InChI is InChI=1S/C13H14N4/c14-12-4-3-9(7-16-12)6-10-8-17-13-11(10)2-1-5-15-13/h2-4,7-8H,1,5-6H2,(H2,14,16)(H,15,17). The molecule has 17 heavy (non-hydrogen) atoms. The van der Waals surface area contributed by atoms with Gasteiger partial charge in [0.05, 0.1) is 0 Å². The first-order valence-corrected chi connectivity index (χ1v) is 5.74. The van der Waals surface area contributed by atoms with Crippen molar-refractivity contribution in [2.24, 2.45) is 4.99 Å². The molecule has 0 radical (unpaired) electrons. The van der Waals surface area contributed by atoms with E-state index in [4.69, 9.17) is 5.73 Å². The van der Waals surface area contributed by atoms with Gasteiger partial charge in [-0.15, -0.1) is 0 Å². The molecule has 0 spiro atoms. The Morgan fingerprint density at radius 1 is 1.35 bits per heavy atom. The summed E-state index contributed by atoms with van der Waals surface area (Å²) in [5.74, 6) is 0.561. The van der Waals surface area contributed by atoms with Crippen LogP contribution < -0.4 is 16.4 Å². The van der Waals surface area contributed by atoms with E-state index >= 15 is 0 Å². The highest BCUT2D eigenvalue weighted by molar-refractivity contribution is 5.35. The Labute approximate surface area is 98.9 Å². The molecule has 0 aliphatic carbocycles. The minimum Gasteiger partial charge on any atom is -0.384 e. The number of pyridine rings is 1. The Morgan fingerprint density at radius 2 is 2.29 bits per heavy atom. The van der Waals surface area contributed by atoms with Gasteiger partial charge >= 0.3 is 0 Å². The summed E-state index contributed by atoms with van der Waals surface area (Å²) in [4.78, 5) is 11.8. The molecule has 0 amide bonds. The van der Waals surface area contributed by atoms with Crippen LogP contribution in [-0.2, 0) is 6.42 Å². The van der Waals surface area contributed by atoms with E-state index in [0.717, 1.165) is 24.9 Å². The van der Waals surface area contributed by atoms with Crippen LogP contribution in [0.2, 0.25) is 0 Å². The SMILES string of the molecule is Nc1ccc(Cc2c[nH]c3c2=CCCN=3)cn1. The van der Waals surface area contributed by atoms with Gasteiger partial charge in [-0.05, 0) is 23.6 Å². The van der Waals surface area contributed by atoms with E-state index < -0.39 is 0 Å². The van der Waals surface area contributed by atoms with Crippen LogP contribution in [0, 0.1) is 0 Å². The van der Waals surface area contributed by atoms with Crippen molar-refractivity contribution < 1.29 is 0 Å². The molecular formula is C13H14N4. The molecule has 3 heterocycles. The van der Waals surface area contributed by atoms with Crippen LogP contribution in [-0.4, -0.2) is 16.5 Å². The number of fused-ring (bicyclic) bond motifs is 1. The summed E-state index contributed by atoms with van der Waals surface area (Å²) in [6.45, 7) is 0.885. The second-order valence-electron chi connectivity index (χ2n) is 4.22. The van der Waals surface area contributed by atoms with Gasteiger partial charge in [-0.1, -0.05) is 12.1 Å². The number of rotatable bonds is 2. The van der Waals surface area contributed by atoms with Crippen molar-refractivity contribution in [3.05, 3.63) is 46.4 Å². The molecule has 0 atom stereocenters. The van der Waals surface area contributed by atoms with Crippen molar-refractivity contribution >= 4 is 11.9 Å². The average molecular weight is 226 g/mol. The third-order valence-corrected chi connectivity index (χ3v) is 2.97. The third-order valence-electron chi connectivity index (χ3n) is 2.97. The van der Waals surface area contributed by atoms with E-state index in [-0.39, 0.29) is 0 Å². The van der Waals surface area contributed by atoms with Crippen molar-refractivity contribution in [2.45, 2.75) is 12.8 Å². The van der Waals surface area contributed by atoms with Gasteiger partial charge in [-0.25, -0.2) is 4.98 Å². The third kappa shape index (κ3) is 1.93. The van der Waals surface area contributed by atoms with E-state index in [9.17, 15) is 0 Å². The van der Waals surface area contributed by atoms with Crippen molar-refractivity contribution in [3.8, 4) is 0 Å². The van der Waals surface area contributed by atoms with Crippen molar-refractivity contribution in [3.63, 3.8) is 0 Å². The van der Waals surface area contributed by atoms with Crippen LogP contribution >= 0.6 is 0 Å². The molecule has 2 aromatic rings. The summed E-state index contributed by atoms with van der Waals surface area (Å²) >= 11 is 0. The molecule has 0 saturated carbocycles. The summed E-state index contributed by atoms with van der Waals surface area (Å²) in [7, 11) is 0. The van der Waals surface area contributed by atoms with Gasteiger partial charge < -0.3 is 10.7 Å². The molecule has 1 aliphatic heterocycles. The largest absolute Gasteiger partial charge is 0.384 e. The smallest absolute Gasteiger partial charge is 0.132 e. The fourth-order valence-electron chi connectivity index (χ4n) is 2.11. The summed E-state index contributed by atoms with van der Waals surface area (Å²) in [5, 5.41) is 1.24. The summed E-state index contributed by atoms with van der Waals surface area (Å²) < 4.78 is 0. The minimum absolute atomic E-state index is 0.561. The summed E-state index contributed by atoms with van der Waals surface area (Å²) in [5.41, 5.74) is 9.02. The Balaban J connectivity index is 1.97. The van der Waals surface area contributed by atoms with Gasteiger partial charge in [-0.3, -0.25) is 4.99 Å². The maximum absolute atomic E-state index is 5.57. The molecule has 4 heteroatoms. The Bertz CT molecular complexity index is 637. The lowest BCUT2D eigenvalue weighted by molar-refractivity contribution is 0.933.